The van der Waals surface area contributed by atoms with E-state index in [0.29, 0.717) is 47.5 Å². The van der Waals surface area contributed by atoms with E-state index in [9.17, 15) is 9.59 Å². The Labute approximate surface area is 184 Å². The molecule has 0 fully saturated rings. The third kappa shape index (κ3) is 5.62. The highest BCUT2D eigenvalue weighted by molar-refractivity contribution is 6.30. The molecule has 0 aliphatic carbocycles. The first kappa shape index (κ1) is 22.3. The molecule has 0 radical (unpaired) electrons. The Bertz CT molecular complexity index is 1100. The van der Waals surface area contributed by atoms with E-state index in [4.69, 9.17) is 21.1 Å². The van der Waals surface area contributed by atoms with Gasteiger partial charge in [0.1, 0.15) is 0 Å². The Balaban J connectivity index is 1.93. The van der Waals surface area contributed by atoms with Gasteiger partial charge >= 0.3 is 0 Å². The second-order valence-corrected chi connectivity index (χ2v) is 6.90. The molecule has 1 amide bonds. The van der Waals surface area contributed by atoms with E-state index in [2.05, 4.69) is 15.7 Å². The number of anilines is 2. The van der Waals surface area contributed by atoms with Gasteiger partial charge in [0.2, 0.25) is 0 Å². The van der Waals surface area contributed by atoms with Crippen LogP contribution < -0.4 is 20.9 Å². The van der Waals surface area contributed by atoms with Crippen LogP contribution in [0.4, 0.5) is 11.4 Å². The molecule has 0 aliphatic rings. The van der Waals surface area contributed by atoms with E-state index < -0.39 is 5.56 Å². The number of nitrogens with one attached hydrogen (secondary N) is 2. The lowest BCUT2D eigenvalue weighted by Crippen LogP contribution is -2.27. The van der Waals surface area contributed by atoms with Crippen LogP contribution in [0.1, 0.15) is 17.3 Å². The summed E-state index contributed by atoms with van der Waals surface area (Å²) in [6, 6.07) is 13.6. The number of amides is 1. The van der Waals surface area contributed by atoms with Gasteiger partial charge in [-0.3, -0.25) is 9.59 Å². The largest absolute Gasteiger partial charge is 0.490 e. The predicted octanol–water partition coefficient (Wildman–Crippen LogP) is 3.40. The number of hydrogen-bond donors (Lipinski definition) is 2. The van der Waals surface area contributed by atoms with E-state index in [1.807, 2.05) is 6.92 Å². The van der Waals surface area contributed by atoms with Crippen molar-refractivity contribution in [2.75, 3.05) is 32.2 Å². The van der Waals surface area contributed by atoms with Crippen LogP contribution in [0.25, 0.3) is 5.69 Å². The molecule has 2 N–H and O–H groups in total. The third-order valence-corrected chi connectivity index (χ3v) is 4.55. The van der Waals surface area contributed by atoms with Crippen molar-refractivity contribution in [1.29, 1.82) is 0 Å². The summed E-state index contributed by atoms with van der Waals surface area (Å²) in [5, 5.41) is 10.6. The minimum absolute atomic E-state index is 0.212. The van der Waals surface area contributed by atoms with Crippen LogP contribution in [0, 0.1) is 0 Å². The van der Waals surface area contributed by atoms with Crippen molar-refractivity contribution in [2.45, 2.75) is 6.92 Å². The maximum atomic E-state index is 13.2. The number of carbonyl (C=O) groups excluding carboxylic acids is 1. The standard InChI is InChI=1S/C22H23ClN4O4/c1-3-31-19-14-25-27(18-9-7-16(23)8-10-18)22(29)20(19)26-17-6-4-5-15(13-17)21(28)24-11-12-30-2/h4-10,13-14,26H,3,11-12H2,1-2H3,(H,24,28). The zero-order valence-corrected chi connectivity index (χ0v) is 18.0. The van der Waals surface area contributed by atoms with Crippen molar-refractivity contribution in [3.05, 3.63) is 75.7 Å². The van der Waals surface area contributed by atoms with Gasteiger partial charge in [-0.05, 0) is 49.4 Å². The Morgan fingerprint density at radius 1 is 1.19 bits per heavy atom. The van der Waals surface area contributed by atoms with E-state index in [0.717, 1.165) is 0 Å². The van der Waals surface area contributed by atoms with Crippen molar-refractivity contribution in [2.24, 2.45) is 0 Å². The highest BCUT2D eigenvalue weighted by atomic mass is 35.5. The third-order valence-electron chi connectivity index (χ3n) is 4.30. The highest BCUT2D eigenvalue weighted by Crippen LogP contribution is 2.24. The summed E-state index contributed by atoms with van der Waals surface area (Å²) in [5.41, 5.74) is 1.39. The highest BCUT2D eigenvalue weighted by Gasteiger charge is 2.15. The predicted molar refractivity (Wildman–Crippen MR) is 120 cm³/mol. The number of nitrogens with zero attached hydrogens (tertiary/aromatic N) is 2. The molecular formula is C22H23ClN4O4. The van der Waals surface area contributed by atoms with Crippen molar-refractivity contribution in [3.63, 3.8) is 0 Å². The van der Waals surface area contributed by atoms with Gasteiger partial charge in [0.05, 0.1) is 25.1 Å². The molecule has 0 spiro atoms. The van der Waals surface area contributed by atoms with Crippen LogP contribution in [0.5, 0.6) is 5.75 Å². The first-order valence-electron chi connectivity index (χ1n) is 9.68. The summed E-state index contributed by atoms with van der Waals surface area (Å²) in [4.78, 5) is 25.5. The van der Waals surface area contributed by atoms with Crippen LogP contribution in [-0.2, 0) is 4.74 Å². The zero-order chi connectivity index (χ0) is 22.2. The summed E-state index contributed by atoms with van der Waals surface area (Å²) in [6.07, 6.45) is 1.48. The van der Waals surface area contributed by atoms with Gasteiger partial charge in [0.25, 0.3) is 11.5 Å². The molecule has 1 aromatic heterocycles. The summed E-state index contributed by atoms with van der Waals surface area (Å²) in [6.45, 7) is 3.00. The molecule has 0 unspecified atom stereocenters. The quantitative estimate of drug-likeness (QED) is 0.493. The number of rotatable bonds is 9. The second kappa shape index (κ2) is 10.6. The normalized spacial score (nSPS) is 10.5. The van der Waals surface area contributed by atoms with Gasteiger partial charge in [-0.25, -0.2) is 0 Å². The van der Waals surface area contributed by atoms with Crippen LogP contribution in [-0.4, -0.2) is 42.6 Å². The Morgan fingerprint density at radius 3 is 2.68 bits per heavy atom. The van der Waals surface area contributed by atoms with Crippen molar-refractivity contribution >= 4 is 28.9 Å². The summed E-state index contributed by atoms with van der Waals surface area (Å²) >= 11 is 5.94. The van der Waals surface area contributed by atoms with Crippen LogP contribution in [0.15, 0.2) is 59.5 Å². The van der Waals surface area contributed by atoms with E-state index in [1.165, 1.54) is 10.9 Å². The Kier molecular flexibility index (Phi) is 7.64. The smallest absolute Gasteiger partial charge is 0.299 e. The molecule has 8 nitrogen and oxygen atoms in total. The monoisotopic (exact) mass is 442 g/mol. The molecule has 1 heterocycles. The van der Waals surface area contributed by atoms with E-state index >= 15 is 0 Å². The molecule has 3 rings (SSSR count). The molecule has 0 atom stereocenters. The minimum atomic E-state index is -0.400. The topological polar surface area (TPSA) is 94.5 Å². The zero-order valence-electron chi connectivity index (χ0n) is 17.2. The van der Waals surface area contributed by atoms with E-state index in [-0.39, 0.29) is 11.6 Å². The van der Waals surface area contributed by atoms with Crippen molar-refractivity contribution in [3.8, 4) is 11.4 Å². The molecule has 31 heavy (non-hydrogen) atoms. The lowest BCUT2D eigenvalue weighted by Gasteiger charge is -2.14. The van der Waals surface area contributed by atoms with Crippen LogP contribution in [0.3, 0.4) is 0 Å². The average Bonchev–Trinajstić information content (AvgIpc) is 2.77. The van der Waals surface area contributed by atoms with Gasteiger partial charge in [-0.15, -0.1) is 0 Å². The molecule has 0 aliphatic heterocycles. The number of methoxy groups -OCH3 is 1. The fraction of sp³-hybridized carbons (Fsp3) is 0.227. The number of benzene rings is 2. The van der Waals surface area contributed by atoms with Gasteiger partial charge in [-0.2, -0.15) is 9.78 Å². The van der Waals surface area contributed by atoms with Gasteiger partial charge in [0, 0.05) is 29.9 Å². The maximum absolute atomic E-state index is 13.2. The Morgan fingerprint density at radius 2 is 1.97 bits per heavy atom. The SMILES string of the molecule is CCOc1cnn(-c2ccc(Cl)cc2)c(=O)c1Nc1cccc(C(=O)NCCOC)c1. The number of ether oxygens (including phenoxy) is 2. The van der Waals surface area contributed by atoms with Crippen LogP contribution >= 0.6 is 11.6 Å². The maximum Gasteiger partial charge on any atom is 0.299 e. The number of aromatic nitrogens is 2. The molecule has 0 saturated heterocycles. The van der Waals surface area contributed by atoms with Crippen molar-refractivity contribution < 1.29 is 14.3 Å². The van der Waals surface area contributed by atoms with Crippen LogP contribution in [0.2, 0.25) is 5.02 Å². The number of carbonyl (C=O) groups is 1. The van der Waals surface area contributed by atoms with Gasteiger partial charge < -0.3 is 20.1 Å². The lowest BCUT2D eigenvalue weighted by atomic mass is 10.2. The van der Waals surface area contributed by atoms with E-state index in [1.54, 1.807) is 55.6 Å². The summed E-state index contributed by atoms with van der Waals surface area (Å²) in [5.74, 6) is 0.0756. The fourth-order valence-corrected chi connectivity index (χ4v) is 2.96. The van der Waals surface area contributed by atoms with Crippen molar-refractivity contribution in [1.82, 2.24) is 15.1 Å². The molecular weight excluding hydrogens is 420 g/mol. The fourth-order valence-electron chi connectivity index (χ4n) is 2.84. The number of hydrogen-bond acceptors (Lipinski definition) is 6. The first-order valence-corrected chi connectivity index (χ1v) is 10.1. The summed E-state index contributed by atoms with van der Waals surface area (Å²) < 4.78 is 11.8. The second-order valence-electron chi connectivity index (χ2n) is 6.46. The first-order chi connectivity index (χ1) is 15.0. The molecule has 9 heteroatoms. The molecule has 3 aromatic rings. The average molecular weight is 443 g/mol. The lowest BCUT2D eigenvalue weighted by molar-refractivity contribution is 0.0937. The molecule has 2 aromatic carbocycles. The summed E-state index contributed by atoms with van der Waals surface area (Å²) in [7, 11) is 1.57. The van der Waals surface area contributed by atoms with Gasteiger partial charge in [-0.1, -0.05) is 17.7 Å². The molecule has 162 valence electrons. The van der Waals surface area contributed by atoms with Gasteiger partial charge in [0.15, 0.2) is 11.4 Å². The molecule has 0 bridgehead atoms. The molecule has 0 saturated carbocycles. The Hall–Kier alpha value is -3.36. The number of halogens is 1. The minimum Gasteiger partial charge on any atom is -0.490 e.